The van der Waals surface area contributed by atoms with Gasteiger partial charge >= 0.3 is 0 Å². The van der Waals surface area contributed by atoms with E-state index in [4.69, 9.17) is 0 Å². The summed E-state index contributed by atoms with van der Waals surface area (Å²) in [4.78, 5) is 12.6. The Bertz CT molecular complexity index is 904. The fraction of sp³-hybridized carbons (Fsp3) is 0.240. The number of benzene rings is 3. The smallest absolute Gasteiger partial charge is 0.216 e. The normalized spacial score (nSPS) is 12.7. The van der Waals surface area contributed by atoms with E-state index in [0.29, 0.717) is 25.2 Å². The van der Waals surface area contributed by atoms with Crippen LogP contribution in [0.25, 0.3) is 0 Å². The van der Waals surface area contributed by atoms with Gasteiger partial charge in [0.15, 0.2) is 0 Å². The third-order valence-electron chi connectivity index (χ3n) is 5.04. The lowest BCUT2D eigenvalue weighted by Gasteiger charge is -2.24. The van der Waals surface area contributed by atoms with Gasteiger partial charge in [-0.3, -0.25) is 9.69 Å². The highest BCUT2D eigenvalue weighted by molar-refractivity contribution is 5.75. The second-order valence-corrected chi connectivity index (χ2v) is 7.29. The molecule has 0 radical (unpaired) electrons. The molecular weight excluding hydrogens is 390 g/mol. The van der Waals surface area contributed by atoms with Crippen LogP contribution in [0, 0.1) is 0 Å². The highest BCUT2D eigenvalue weighted by Gasteiger charge is 2.14. The van der Waals surface area contributed by atoms with Crippen molar-refractivity contribution in [2.45, 2.75) is 18.8 Å². The van der Waals surface area contributed by atoms with Gasteiger partial charge in [-0.1, -0.05) is 60.7 Å². The summed E-state index contributed by atoms with van der Waals surface area (Å²) in [5.74, 6) is 0. The zero-order valence-electron chi connectivity index (χ0n) is 17.4. The standard InChI is InChI=1S/C25H29N3O3/c29-19-28(23-9-5-2-6-10-23)25(31)18-26-16-15-20-11-13-22(14-12-20)27-17-24(30)21-7-3-1-4-8-21/h1-14,19,24-27,30-31H,15-18H2/t24-,25-/m1/s1. The largest absolute Gasteiger partial charge is 0.387 e. The molecule has 2 atom stereocenters. The Labute approximate surface area is 183 Å². The van der Waals surface area contributed by atoms with Crippen LogP contribution in [0.2, 0.25) is 0 Å². The van der Waals surface area contributed by atoms with E-state index in [-0.39, 0.29) is 6.54 Å². The molecule has 0 spiro atoms. The number of nitrogens with one attached hydrogen (secondary N) is 2. The fourth-order valence-electron chi connectivity index (χ4n) is 3.26. The molecule has 0 aliphatic heterocycles. The van der Waals surface area contributed by atoms with Gasteiger partial charge in [0.1, 0.15) is 6.23 Å². The van der Waals surface area contributed by atoms with E-state index in [0.717, 1.165) is 23.2 Å². The summed E-state index contributed by atoms with van der Waals surface area (Å²) in [5.41, 5.74) is 3.66. The van der Waals surface area contributed by atoms with Gasteiger partial charge in [0.05, 0.1) is 6.10 Å². The molecule has 162 valence electrons. The van der Waals surface area contributed by atoms with Gasteiger partial charge in [0.2, 0.25) is 6.41 Å². The summed E-state index contributed by atoms with van der Waals surface area (Å²) in [6.45, 7) is 1.40. The Morgan fingerprint density at radius 2 is 1.48 bits per heavy atom. The van der Waals surface area contributed by atoms with Gasteiger partial charge in [-0.15, -0.1) is 0 Å². The molecule has 3 aromatic carbocycles. The van der Waals surface area contributed by atoms with Gasteiger partial charge < -0.3 is 20.8 Å². The molecule has 3 aromatic rings. The number of aliphatic hydroxyl groups excluding tert-OH is 2. The van der Waals surface area contributed by atoms with Gasteiger partial charge in [0.25, 0.3) is 0 Å². The van der Waals surface area contributed by atoms with Crippen LogP contribution < -0.4 is 15.5 Å². The molecule has 0 aliphatic rings. The van der Waals surface area contributed by atoms with E-state index >= 15 is 0 Å². The topological polar surface area (TPSA) is 84.8 Å². The highest BCUT2D eigenvalue weighted by atomic mass is 16.3. The molecule has 6 heteroatoms. The molecule has 3 rings (SSSR count). The van der Waals surface area contributed by atoms with E-state index in [9.17, 15) is 15.0 Å². The first-order chi connectivity index (χ1) is 15.2. The maximum absolute atomic E-state index is 11.3. The molecular formula is C25H29N3O3. The van der Waals surface area contributed by atoms with Crippen LogP contribution in [-0.2, 0) is 11.2 Å². The predicted octanol–water partition coefficient (Wildman–Crippen LogP) is 2.95. The molecule has 31 heavy (non-hydrogen) atoms. The third-order valence-corrected chi connectivity index (χ3v) is 5.04. The van der Waals surface area contributed by atoms with Crippen LogP contribution in [0.15, 0.2) is 84.9 Å². The first kappa shape index (κ1) is 22.5. The summed E-state index contributed by atoms with van der Waals surface area (Å²) >= 11 is 0. The van der Waals surface area contributed by atoms with Crippen LogP contribution in [0.3, 0.4) is 0 Å². The Morgan fingerprint density at radius 3 is 2.13 bits per heavy atom. The van der Waals surface area contributed by atoms with Gasteiger partial charge in [-0.2, -0.15) is 0 Å². The summed E-state index contributed by atoms with van der Waals surface area (Å²) in [6.07, 6.45) is -0.0466. The van der Waals surface area contributed by atoms with Gasteiger partial charge in [0, 0.05) is 24.5 Å². The fourth-order valence-corrected chi connectivity index (χ4v) is 3.26. The lowest BCUT2D eigenvalue weighted by Crippen LogP contribution is -2.42. The second-order valence-electron chi connectivity index (χ2n) is 7.29. The highest BCUT2D eigenvalue weighted by Crippen LogP contribution is 2.15. The minimum atomic E-state index is -0.928. The van der Waals surface area contributed by atoms with Gasteiger partial charge in [-0.05, 0) is 48.4 Å². The number of hydrogen-bond acceptors (Lipinski definition) is 5. The number of carbonyl (C=O) groups is 1. The molecule has 0 heterocycles. The summed E-state index contributed by atoms with van der Waals surface area (Å²) in [5, 5.41) is 27.0. The number of hydrogen-bond donors (Lipinski definition) is 4. The quantitative estimate of drug-likeness (QED) is 0.206. The minimum absolute atomic E-state index is 0.282. The van der Waals surface area contributed by atoms with E-state index in [1.54, 1.807) is 12.1 Å². The van der Waals surface area contributed by atoms with Crippen LogP contribution in [0.5, 0.6) is 0 Å². The van der Waals surface area contributed by atoms with Crippen LogP contribution in [-0.4, -0.2) is 42.5 Å². The van der Waals surface area contributed by atoms with E-state index in [1.807, 2.05) is 72.8 Å². The van der Waals surface area contributed by atoms with E-state index < -0.39 is 12.3 Å². The average Bonchev–Trinajstić information content (AvgIpc) is 2.83. The molecule has 4 N–H and O–H groups in total. The molecule has 6 nitrogen and oxygen atoms in total. The number of aliphatic hydroxyl groups is 2. The minimum Gasteiger partial charge on any atom is -0.387 e. The number of anilines is 2. The molecule has 0 fully saturated rings. The Hall–Kier alpha value is -3.19. The Kier molecular flexibility index (Phi) is 8.60. The van der Waals surface area contributed by atoms with Crippen LogP contribution in [0.4, 0.5) is 11.4 Å². The van der Waals surface area contributed by atoms with Crippen molar-refractivity contribution in [2.24, 2.45) is 0 Å². The van der Waals surface area contributed by atoms with Crippen LogP contribution in [0.1, 0.15) is 17.2 Å². The molecule has 0 unspecified atom stereocenters. The van der Waals surface area contributed by atoms with Crippen molar-refractivity contribution in [3.63, 3.8) is 0 Å². The predicted molar refractivity (Wildman–Crippen MR) is 124 cm³/mol. The van der Waals surface area contributed by atoms with Crippen molar-refractivity contribution in [1.29, 1.82) is 0 Å². The molecule has 0 saturated heterocycles. The van der Waals surface area contributed by atoms with Crippen molar-refractivity contribution in [1.82, 2.24) is 5.32 Å². The van der Waals surface area contributed by atoms with E-state index in [2.05, 4.69) is 10.6 Å². The van der Waals surface area contributed by atoms with Crippen LogP contribution >= 0.6 is 0 Å². The molecule has 0 bridgehead atoms. The lowest BCUT2D eigenvalue weighted by molar-refractivity contribution is -0.109. The first-order valence-corrected chi connectivity index (χ1v) is 10.4. The van der Waals surface area contributed by atoms with Gasteiger partial charge in [-0.25, -0.2) is 0 Å². The molecule has 0 saturated carbocycles. The number of para-hydroxylation sites is 1. The Morgan fingerprint density at radius 1 is 0.839 bits per heavy atom. The zero-order chi connectivity index (χ0) is 21.9. The molecule has 0 aromatic heterocycles. The summed E-state index contributed by atoms with van der Waals surface area (Å²) in [6, 6.07) is 26.7. The first-order valence-electron chi connectivity index (χ1n) is 10.4. The van der Waals surface area contributed by atoms with Crippen molar-refractivity contribution < 1.29 is 15.0 Å². The van der Waals surface area contributed by atoms with Crippen molar-refractivity contribution in [2.75, 3.05) is 29.9 Å². The maximum Gasteiger partial charge on any atom is 0.216 e. The van der Waals surface area contributed by atoms with Crippen molar-refractivity contribution >= 4 is 17.8 Å². The number of carbonyl (C=O) groups excluding carboxylic acids is 1. The van der Waals surface area contributed by atoms with Crippen molar-refractivity contribution in [3.05, 3.63) is 96.1 Å². The average molecular weight is 420 g/mol. The number of rotatable bonds is 12. The third kappa shape index (κ3) is 6.93. The summed E-state index contributed by atoms with van der Waals surface area (Å²) < 4.78 is 0. The summed E-state index contributed by atoms with van der Waals surface area (Å²) in [7, 11) is 0. The van der Waals surface area contributed by atoms with E-state index in [1.165, 1.54) is 4.90 Å². The zero-order valence-corrected chi connectivity index (χ0v) is 17.4. The lowest BCUT2D eigenvalue weighted by atomic mass is 10.1. The SMILES string of the molecule is O=CN(c1ccccc1)[C@H](O)CNCCc1ccc(NC[C@@H](O)c2ccccc2)cc1. The Balaban J connectivity index is 1.38. The maximum atomic E-state index is 11.3. The molecule has 0 aliphatic carbocycles. The second kappa shape index (κ2) is 11.9. The van der Waals surface area contributed by atoms with Crippen molar-refractivity contribution in [3.8, 4) is 0 Å². The number of nitrogens with zero attached hydrogens (tertiary/aromatic N) is 1. The monoisotopic (exact) mass is 419 g/mol. The number of amides is 1. The molecule has 1 amide bonds.